The molecule has 1 rings (SSSR count). The van der Waals surface area contributed by atoms with Crippen LogP contribution in [0.1, 0.15) is 31.3 Å². The Morgan fingerprint density at radius 3 is 2.56 bits per heavy atom. The third-order valence-electron chi connectivity index (χ3n) is 2.90. The number of ether oxygens (including phenoxy) is 1. The van der Waals surface area contributed by atoms with Gasteiger partial charge in [-0.1, -0.05) is 6.92 Å². The van der Waals surface area contributed by atoms with Gasteiger partial charge < -0.3 is 15.0 Å². The highest BCUT2D eigenvalue weighted by atomic mass is 32.1. The number of aryl methyl sites for hydroxylation is 1. The molecule has 0 aromatic carbocycles. The molecule has 0 aliphatic carbocycles. The first-order valence-corrected chi connectivity index (χ1v) is 7.51. The van der Waals surface area contributed by atoms with E-state index < -0.39 is 0 Å². The van der Waals surface area contributed by atoms with Gasteiger partial charge in [0.15, 0.2) is 5.13 Å². The predicted molar refractivity (Wildman–Crippen MR) is 78.6 cm³/mol. The molecule has 0 radical (unpaired) electrons. The molecule has 0 saturated heterocycles. The molecule has 1 heterocycles. The Kier molecular flexibility index (Phi) is 7.23. The maximum Gasteiger partial charge on any atom is 0.185 e. The van der Waals surface area contributed by atoms with Crippen LogP contribution >= 0.6 is 11.3 Å². The number of rotatable bonds is 9. The van der Waals surface area contributed by atoms with E-state index in [2.05, 4.69) is 31.0 Å². The molecule has 0 bridgehead atoms. The lowest BCUT2D eigenvalue weighted by Crippen LogP contribution is -2.21. The van der Waals surface area contributed by atoms with Crippen LogP contribution in [0.25, 0.3) is 0 Å². The fourth-order valence-corrected chi connectivity index (χ4v) is 3.04. The Labute approximate surface area is 114 Å². The zero-order valence-electron chi connectivity index (χ0n) is 12.0. The van der Waals surface area contributed by atoms with E-state index in [0.717, 1.165) is 44.3 Å². The number of methoxy groups -OCH3 is 1. The number of anilines is 1. The second-order valence-electron chi connectivity index (χ2n) is 4.06. The smallest absolute Gasteiger partial charge is 0.185 e. The lowest BCUT2D eigenvalue weighted by atomic mass is 10.3. The maximum atomic E-state index is 5.03. The first kappa shape index (κ1) is 15.4. The van der Waals surface area contributed by atoms with Gasteiger partial charge >= 0.3 is 0 Å². The highest BCUT2D eigenvalue weighted by molar-refractivity contribution is 7.15. The normalized spacial score (nSPS) is 10.9. The van der Waals surface area contributed by atoms with Crippen molar-refractivity contribution in [2.75, 3.05) is 38.3 Å². The molecule has 0 unspecified atom stereocenters. The van der Waals surface area contributed by atoms with Crippen molar-refractivity contribution in [1.29, 1.82) is 0 Å². The van der Waals surface area contributed by atoms with Gasteiger partial charge in [0.05, 0.1) is 12.3 Å². The highest BCUT2D eigenvalue weighted by Crippen LogP contribution is 2.26. The zero-order chi connectivity index (χ0) is 13.4. The fourth-order valence-electron chi connectivity index (χ4n) is 1.79. The van der Waals surface area contributed by atoms with Gasteiger partial charge in [0, 0.05) is 38.2 Å². The SMILES string of the molecule is CCc1nc(N(CC)CC)sc1CNCCOC. The summed E-state index contributed by atoms with van der Waals surface area (Å²) >= 11 is 1.81. The van der Waals surface area contributed by atoms with Crippen molar-refractivity contribution >= 4 is 16.5 Å². The number of hydrogen-bond donors (Lipinski definition) is 1. The van der Waals surface area contributed by atoms with Crippen molar-refractivity contribution in [3.05, 3.63) is 10.6 Å². The Balaban J connectivity index is 2.65. The Bertz CT molecular complexity index is 337. The molecule has 1 N–H and O–H groups in total. The van der Waals surface area contributed by atoms with Crippen LogP contribution in [0.2, 0.25) is 0 Å². The van der Waals surface area contributed by atoms with Crippen molar-refractivity contribution in [2.45, 2.75) is 33.7 Å². The van der Waals surface area contributed by atoms with E-state index in [1.165, 1.54) is 10.6 Å². The minimum absolute atomic E-state index is 0.753. The molecule has 1 aromatic rings. The van der Waals surface area contributed by atoms with Crippen molar-refractivity contribution < 1.29 is 4.74 Å². The van der Waals surface area contributed by atoms with Gasteiger partial charge in [0.2, 0.25) is 0 Å². The van der Waals surface area contributed by atoms with E-state index in [9.17, 15) is 0 Å². The Morgan fingerprint density at radius 1 is 1.28 bits per heavy atom. The summed E-state index contributed by atoms with van der Waals surface area (Å²) in [5.74, 6) is 0. The van der Waals surface area contributed by atoms with Crippen molar-refractivity contribution in [1.82, 2.24) is 10.3 Å². The molecule has 0 fully saturated rings. The second-order valence-corrected chi connectivity index (χ2v) is 5.12. The lowest BCUT2D eigenvalue weighted by Gasteiger charge is -2.16. The van der Waals surface area contributed by atoms with Crippen LogP contribution in [-0.4, -0.2) is 38.3 Å². The number of nitrogens with one attached hydrogen (secondary N) is 1. The van der Waals surface area contributed by atoms with Gasteiger partial charge in [0.1, 0.15) is 0 Å². The van der Waals surface area contributed by atoms with Gasteiger partial charge in [-0.2, -0.15) is 0 Å². The van der Waals surface area contributed by atoms with E-state index in [4.69, 9.17) is 9.72 Å². The van der Waals surface area contributed by atoms with E-state index >= 15 is 0 Å². The zero-order valence-corrected chi connectivity index (χ0v) is 12.8. The average molecular weight is 271 g/mol. The summed E-state index contributed by atoms with van der Waals surface area (Å²) in [5, 5.41) is 4.55. The molecular weight excluding hydrogens is 246 g/mol. The van der Waals surface area contributed by atoms with Crippen LogP contribution in [0.15, 0.2) is 0 Å². The summed E-state index contributed by atoms with van der Waals surface area (Å²) in [6.45, 7) is 11.1. The average Bonchev–Trinajstić information content (AvgIpc) is 2.79. The van der Waals surface area contributed by atoms with Crippen molar-refractivity contribution in [3.8, 4) is 0 Å². The second kappa shape index (κ2) is 8.45. The third kappa shape index (κ3) is 4.23. The number of thiazole rings is 1. The molecule has 4 nitrogen and oxygen atoms in total. The quantitative estimate of drug-likeness (QED) is 0.699. The Morgan fingerprint density at radius 2 is 2.00 bits per heavy atom. The topological polar surface area (TPSA) is 37.4 Å². The van der Waals surface area contributed by atoms with Crippen LogP contribution in [0.5, 0.6) is 0 Å². The summed E-state index contributed by atoms with van der Waals surface area (Å²) in [5.41, 5.74) is 1.23. The minimum atomic E-state index is 0.753. The molecule has 0 saturated carbocycles. The molecule has 18 heavy (non-hydrogen) atoms. The van der Waals surface area contributed by atoms with Crippen LogP contribution in [0.4, 0.5) is 5.13 Å². The molecule has 104 valence electrons. The van der Waals surface area contributed by atoms with E-state index in [1.807, 2.05) is 11.3 Å². The summed E-state index contributed by atoms with van der Waals surface area (Å²) in [6.07, 6.45) is 0.999. The molecule has 5 heteroatoms. The van der Waals surface area contributed by atoms with Gasteiger partial charge in [-0.3, -0.25) is 0 Å². The third-order valence-corrected chi connectivity index (χ3v) is 4.06. The van der Waals surface area contributed by atoms with Crippen LogP contribution in [0.3, 0.4) is 0 Å². The summed E-state index contributed by atoms with van der Waals surface area (Å²) in [4.78, 5) is 8.41. The lowest BCUT2D eigenvalue weighted by molar-refractivity contribution is 0.199. The molecule has 0 atom stereocenters. The molecule has 0 aliphatic rings. The van der Waals surface area contributed by atoms with Gasteiger partial charge in [0.25, 0.3) is 0 Å². The fraction of sp³-hybridized carbons (Fsp3) is 0.769. The first-order chi connectivity index (χ1) is 8.76. The van der Waals surface area contributed by atoms with Crippen molar-refractivity contribution in [2.24, 2.45) is 0 Å². The maximum absolute atomic E-state index is 5.03. The van der Waals surface area contributed by atoms with Gasteiger partial charge in [-0.05, 0) is 20.3 Å². The molecule has 0 aliphatic heterocycles. The van der Waals surface area contributed by atoms with Crippen molar-refractivity contribution in [3.63, 3.8) is 0 Å². The van der Waals surface area contributed by atoms with Crippen LogP contribution in [0, 0.1) is 0 Å². The summed E-state index contributed by atoms with van der Waals surface area (Å²) in [7, 11) is 1.73. The number of hydrogen-bond acceptors (Lipinski definition) is 5. The van der Waals surface area contributed by atoms with Gasteiger partial charge in [-0.25, -0.2) is 4.98 Å². The number of aromatic nitrogens is 1. The minimum Gasteiger partial charge on any atom is -0.383 e. The van der Waals surface area contributed by atoms with E-state index in [0.29, 0.717) is 0 Å². The van der Waals surface area contributed by atoms with Crippen LogP contribution < -0.4 is 10.2 Å². The monoisotopic (exact) mass is 271 g/mol. The summed E-state index contributed by atoms with van der Waals surface area (Å²) < 4.78 is 5.03. The molecule has 0 spiro atoms. The largest absolute Gasteiger partial charge is 0.383 e. The van der Waals surface area contributed by atoms with Gasteiger partial charge in [-0.15, -0.1) is 11.3 Å². The van der Waals surface area contributed by atoms with E-state index in [-0.39, 0.29) is 0 Å². The molecule has 1 aromatic heterocycles. The Hall–Kier alpha value is -0.650. The highest BCUT2D eigenvalue weighted by Gasteiger charge is 2.12. The van der Waals surface area contributed by atoms with Crippen LogP contribution in [-0.2, 0) is 17.7 Å². The standard InChI is InChI=1S/C13H25N3OS/c1-5-11-12(10-14-8-9-17-4)18-13(15-11)16(6-2)7-3/h14H,5-10H2,1-4H3. The summed E-state index contributed by atoms with van der Waals surface area (Å²) in [6, 6.07) is 0. The van der Waals surface area contributed by atoms with E-state index in [1.54, 1.807) is 7.11 Å². The number of nitrogens with zero attached hydrogens (tertiary/aromatic N) is 2. The molecule has 0 amide bonds. The predicted octanol–water partition coefficient (Wildman–Crippen LogP) is 2.29. The first-order valence-electron chi connectivity index (χ1n) is 6.69. The molecular formula is C13H25N3OS.